The Hall–Kier alpha value is -1.91. The lowest BCUT2D eigenvalue weighted by Crippen LogP contribution is -2.41. The van der Waals surface area contributed by atoms with E-state index in [-0.39, 0.29) is 11.8 Å². The monoisotopic (exact) mass is 249 g/mol. The molecule has 0 atom stereocenters. The average molecular weight is 249 g/mol. The molecule has 0 bridgehead atoms. The van der Waals surface area contributed by atoms with Gasteiger partial charge in [0.2, 0.25) is 5.91 Å². The van der Waals surface area contributed by atoms with E-state index in [2.05, 4.69) is 22.8 Å². The van der Waals surface area contributed by atoms with Crippen LogP contribution in [0.2, 0.25) is 0 Å². The Labute approximate surface area is 107 Å². The molecule has 0 aliphatic heterocycles. The quantitative estimate of drug-likeness (QED) is 0.596. The number of unbranched alkanes of at least 4 members (excludes halogenated alkanes) is 3. The lowest BCUT2D eigenvalue weighted by molar-refractivity contribution is -0.122. The van der Waals surface area contributed by atoms with Crippen molar-refractivity contribution in [1.82, 2.24) is 15.8 Å². The molecular formula is C13H19N3O2. The van der Waals surface area contributed by atoms with Crippen LogP contribution in [0.5, 0.6) is 0 Å². The highest BCUT2D eigenvalue weighted by Crippen LogP contribution is 2.01. The molecule has 0 aliphatic carbocycles. The molecule has 1 aromatic rings. The van der Waals surface area contributed by atoms with Gasteiger partial charge in [0.25, 0.3) is 5.91 Å². The predicted octanol–water partition coefficient (Wildman–Crippen LogP) is 1.81. The van der Waals surface area contributed by atoms with Crippen molar-refractivity contribution < 1.29 is 9.59 Å². The molecule has 0 aromatic carbocycles. The van der Waals surface area contributed by atoms with Crippen molar-refractivity contribution >= 4 is 11.8 Å². The number of nitrogens with zero attached hydrogens (tertiary/aromatic N) is 1. The van der Waals surface area contributed by atoms with Gasteiger partial charge >= 0.3 is 0 Å². The van der Waals surface area contributed by atoms with Crippen molar-refractivity contribution in [2.24, 2.45) is 0 Å². The molecule has 1 heterocycles. The Morgan fingerprint density at radius 3 is 2.72 bits per heavy atom. The van der Waals surface area contributed by atoms with Crippen LogP contribution in [0.15, 0.2) is 24.5 Å². The molecule has 0 fully saturated rings. The number of nitrogens with one attached hydrogen (secondary N) is 2. The van der Waals surface area contributed by atoms with Crippen molar-refractivity contribution in [2.75, 3.05) is 0 Å². The lowest BCUT2D eigenvalue weighted by atomic mass is 10.1. The van der Waals surface area contributed by atoms with Crippen LogP contribution in [-0.4, -0.2) is 16.8 Å². The number of hydrogen-bond acceptors (Lipinski definition) is 3. The summed E-state index contributed by atoms with van der Waals surface area (Å²) in [6, 6.07) is 3.30. The van der Waals surface area contributed by atoms with Crippen LogP contribution in [0.4, 0.5) is 0 Å². The summed E-state index contributed by atoms with van der Waals surface area (Å²) in [5.74, 6) is -0.520. The summed E-state index contributed by atoms with van der Waals surface area (Å²) in [6.45, 7) is 2.12. The Kier molecular flexibility index (Phi) is 6.46. The first kappa shape index (κ1) is 14.2. The SMILES string of the molecule is CCCCCCC(=O)NNC(=O)c1cccnc1. The van der Waals surface area contributed by atoms with Gasteiger partial charge < -0.3 is 0 Å². The molecule has 0 radical (unpaired) electrons. The largest absolute Gasteiger partial charge is 0.273 e. The third-order valence-corrected chi connectivity index (χ3v) is 2.50. The molecule has 2 amide bonds. The highest BCUT2D eigenvalue weighted by Gasteiger charge is 2.06. The van der Waals surface area contributed by atoms with Gasteiger partial charge in [0.1, 0.15) is 0 Å². The van der Waals surface area contributed by atoms with Gasteiger partial charge in [-0.25, -0.2) is 0 Å². The third-order valence-electron chi connectivity index (χ3n) is 2.50. The van der Waals surface area contributed by atoms with E-state index < -0.39 is 0 Å². The van der Waals surface area contributed by atoms with Gasteiger partial charge in [0.15, 0.2) is 0 Å². The lowest BCUT2D eigenvalue weighted by Gasteiger charge is -2.06. The summed E-state index contributed by atoms with van der Waals surface area (Å²) < 4.78 is 0. The van der Waals surface area contributed by atoms with Crippen LogP contribution in [-0.2, 0) is 4.79 Å². The molecule has 0 saturated heterocycles. The van der Waals surface area contributed by atoms with Crippen LogP contribution in [0.3, 0.4) is 0 Å². The van der Waals surface area contributed by atoms with E-state index in [1.165, 1.54) is 6.20 Å². The summed E-state index contributed by atoms with van der Waals surface area (Å²) >= 11 is 0. The maximum absolute atomic E-state index is 11.6. The molecule has 5 heteroatoms. The van der Waals surface area contributed by atoms with Crippen molar-refractivity contribution in [3.8, 4) is 0 Å². The maximum Gasteiger partial charge on any atom is 0.271 e. The minimum atomic E-state index is -0.356. The van der Waals surface area contributed by atoms with Gasteiger partial charge in [-0.15, -0.1) is 0 Å². The Morgan fingerprint density at radius 2 is 2.06 bits per heavy atom. The zero-order valence-corrected chi connectivity index (χ0v) is 10.6. The van der Waals surface area contributed by atoms with E-state index in [1.54, 1.807) is 18.3 Å². The fourth-order valence-electron chi connectivity index (χ4n) is 1.47. The van der Waals surface area contributed by atoms with Crippen molar-refractivity contribution in [3.63, 3.8) is 0 Å². The Bertz CT molecular complexity index is 379. The van der Waals surface area contributed by atoms with E-state index in [1.807, 2.05) is 0 Å². The van der Waals surface area contributed by atoms with E-state index in [9.17, 15) is 9.59 Å². The van der Waals surface area contributed by atoms with E-state index >= 15 is 0 Å². The predicted molar refractivity (Wildman–Crippen MR) is 68.6 cm³/mol. The van der Waals surface area contributed by atoms with E-state index in [0.717, 1.165) is 25.7 Å². The molecule has 2 N–H and O–H groups in total. The van der Waals surface area contributed by atoms with Crippen LogP contribution in [0.25, 0.3) is 0 Å². The number of hydrogen-bond donors (Lipinski definition) is 2. The average Bonchev–Trinajstić information content (AvgIpc) is 2.42. The van der Waals surface area contributed by atoms with Gasteiger partial charge in [0, 0.05) is 18.8 Å². The molecule has 18 heavy (non-hydrogen) atoms. The second-order valence-electron chi connectivity index (χ2n) is 4.05. The number of aromatic nitrogens is 1. The van der Waals surface area contributed by atoms with Crippen molar-refractivity contribution in [1.29, 1.82) is 0 Å². The second kappa shape index (κ2) is 8.22. The standard InChI is InChI=1S/C13H19N3O2/c1-2-3-4-5-8-12(17)15-16-13(18)11-7-6-9-14-10-11/h6-7,9-10H,2-5,8H2,1H3,(H,15,17)(H,16,18). The molecule has 98 valence electrons. The molecule has 1 rings (SSSR count). The fraction of sp³-hybridized carbons (Fsp3) is 0.462. The summed E-state index contributed by atoms with van der Waals surface area (Å²) in [5.41, 5.74) is 5.17. The van der Waals surface area contributed by atoms with Gasteiger partial charge in [-0.1, -0.05) is 26.2 Å². The number of rotatable bonds is 6. The highest BCUT2D eigenvalue weighted by molar-refractivity contribution is 5.94. The Morgan fingerprint density at radius 1 is 1.22 bits per heavy atom. The minimum absolute atomic E-state index is 0.164. The van der Waals surface area contributed by atoms with Gasteiger partial charge in [0.05, 0.1) is 5.56 Å². The zero-order chi connectivity index (χ0) is 13.2. The van der Waals surface area contributed by atoms with E-state index in [4.69, 9.17) is 0 Å². The molecule has 0 aliphatic rings. The minimum Gasteiger partial charge on any atom is -0.273 e. The Balaban J connectivity index is 2.20. The molecule has 0 saturated carbocycles. The molecule has 0 spiro atoms. The fourth-order valence-corrected chi connectivity index (χ4v) is 1.47. The molecule has 1 aromatic heterocycles. The van der Waals surface area contributed by atoms with E-state index in [0.29, 0.717) is 12.0 Å². The zero-order valence-electron chi connectivity index (χ0n) is 10.6. The number of carbonyl (C=O) groups is 2. The topological polar surface area (TPSA) is 71.1 Å². The summed E-state index contributed by atoms with van der Waals surface area (Å²) in [7, 11) is 0. The number of carbonyl (C=O) groups excluding carboxylic acids is 2. The second-order valence-corrected chi connectivity index (χ2v) is 4.05. The van der Waals surface area contributed by atoms with Crippen molar-refractivity contribution in [3.05, 3.63) is 30.1 Å². The molecular weight excluding hydrogens is 230 g/mol. The smallest absolute Gasteiger partial charge is 0.271 e. The third kappa shape index (κ3) is 5.43. The van der Waals surface area contributed by atoms with Gasteiger partial charge in [-0.3, -0.25) is 25.4 Å². The first-order valence-corrected chi connectivity index (χ1v) is 6.23. The normalized spacial score (nSPS) is 9.83. The summed E-state index contributed by atoms with van der Waals surface area (Å²) in [6.07, 6.45) is 7.64. The number of hydrazine groups is 1. The summed E-state index contributed by atoms with van der Waals surface area (Å²) in [5, 5.41) is 0. The van der Waals surface area contributed by atoms with Crippen LogP contribution in [0, 0.1) is 0 Å². The summed E-state index contributed by atoms with van der Waals surface area (Å²) in [4.78, 5) is 26.8. The molecule has 5 nitrogen and oxygen atoms in total. The van der Waals surface area contributed by atoms with Gasteiger partial charge in [-0.05, 0) is 18.6 Å². The maximum atomic E-state index is 11.6. The first-order valence-electron chi connectivity index (χ1n) is 6.23. The first-order chi connectivity index (χ1) is 8.74. The number of amides is 2. The van der Waals surface area contributed by atoms with Crippen molar-refractivity contribution in [2.45, 2.75) is 39.0 Å². The van der Waals surface area contributed by atoms with Crippen LogP contribution < -0.4 is 10.9 Å². The van der Waals surface area contributed by atoms with Gasteiger partial charge in [-0.2, -0.15) is 0 Å². The highest BCUT2D eigenvalue weighted by atomic mass is 16.2. The van der Waals surface area contributed by atoms with Crippen LogP contribution >= 0.6 is 0 Å². The molecule has 0 unspecified atom stereocenters. The number of pyridine rings is 1. The van der Waals surface area contributed by atoms with Crippen LogP contribution in [0.1, 0.15) is 49.4 Å².